The number of para-hydroxylation sites is 2. The van der Waals surface area contributed by atoms with Crippen LogP contribution in [-0.4, -0.2) is 43.0 Å². The van der Waals surface area contributed by atoms with E-state index in [2.05, 4.69) is 5.32 Å². The van der Waals surface area contributed by atoms with E-state index < -0.39 is 0 Å². The van der Waals surface area contributed by atoms with Crippen molar-refractivity contribution in [2.75, 3.05) is 31.6 Å². The first kappa shape index (κ1) is 16.3. The second kappa shape index (κ2) is 7.79. The summed E-state index contributed by atoms with van der Waals surface area (Å²) in [6, 6.07) is 7.35. The molecule has 2 amide bonds. The summed E-state index contributed by atoms with van der Waals surface area (Å²) in [4.78, 5) is 25.4. The van der Waals surface area contributed by atoms with Gasteiger partial charge in [0.2, 0.25) is 11.8 Å². The lowest BCUT2D eigenvalue weighted by Crippen LogP contribution is -2.44. The molecule has 120 valence electrons. The summed E-state index contributed by atoms with van der Waals surface area (Å²) in [7, 11) is 0. The van der Waals surface area contributed by atoms with Crippen molar-refractivity contribution in [3.8, 4) is 5.75 Å². The highest BCUT2D eigenvalue weighted by molar-refractivity contribution is 5.93. The van der Waals surface area contributed by atoms with Crippen LogP contribution >= 0.6 is 0 Å². The molecule has 2 rings (SSSR count). The number of nitrogens with zero attached hydrogens (tertiary/aromatic N) is 1. The van der Waals surface area contributed by atoms with E-state index in [1.165, 1.54) is 0 Å². The predicted octanol–water partition coefficient (Wildman–Crippen LogP) is 1.22. The molecule has 0 unspecified atom stereocenters. The number of nitrogens with two attached hydrogens (primary N) is 1. The molecular formula is C16H23N3O3. The molecule has 0 bridgehead atoms. The van der Waals surface area contributed by atoms with E-state index >= 15 is 0 Å². The minimum atomic E-state index is -0.285. The van der Waals surface area contributed by atoms with Gasteiger partial charge in [0.15, 0.2) is 0 Å². The van der Waals surface area contributed by atoms with Crippen molar-refractivity contribution in [1.82, 2.24) is 4.90 Å². The molecule has 1 atom stereocenters. The van der Waals surface area contributed by atoms with E-state index in [1.807, 2.05) is 36.1 Å². The zero-order chi connectivity index (χ0) is 15.9. The number of anilines is 1. The Bertz CT molecular complexity index is 533. The molecule has 1 aromatic carbocycles. The third-order valence-electron chi connectivity index (χ3n) is 3.74. The average molecular weight is 305 g/mol. The molecule has 0 saturated carbocycles. The molecule has 1 aromatic rings. The number of hydrogen-bond acceptors (Lipinski definition) is 4. The molecule has 1 aliphatic heterocycles. The standard InChI is InChI=1S/C16H23N3O3/c1-2-22-14-8-4-3-7-13(14)18-15(20)11-19-9-5-6-12(10-19)16(17)21/h3-4,7-8,12H,2,5-6,9-11H2,1H3,(H2,17,21)(H,18,20)/t12-/m0/s1. The van der Waals surface area contributed by atoms with Crippen LogP contribution in [0, 0.1) is 5.92 Å². The quantitative estimate of drug-likeness (QED) is 0.827. The Morgan fingerprint density at radius 3 is 2.91 bits per heavy atom. The van der Waals surface area contributed by atoms with Gasteiger partial charge in [0.05, 0.1) is 24.8 Å². The second-order valence-electron chi connectivity index (χ2n) is 5.45. The van der Waals surface area contributed by atoms with Gasteiger partial charge >= 0.3 is 0 Å². The summed E-state index contributed by atoms with van der Waals surface area (Å²) in [6.45, 7) is 4.06. The molecule has 1 heterocycles. The van der Waals surface area contributed by atoms with Gasteiger partial charge in [0, 0.05) is 6.54 Å². The first-order valence-corrected chi connectivity index (χ1v) is 7.63. The van der Waals surface area contributed by atoms with E-state index in [9.17, 15) is 9.59 Å². The van der Waals surface area contributed by atoms with Gasteiger partial charge in [-0.15, -0.1) is 0 Å². The molecule has 0 radical (unpaired) electrons. The minimum absolute atomic E-state index is 0.114. The van der Waals surface area contributed by atoms with Gasteiger partial charge in [-0.05, 0) is 38.4 Å². The Hall–Kier alpha value is -2.08. The van der Waals surface area contributed by atoms with Crippen molar-refractivity contribution in [3.63, 3.8) is 0 Å². The number of nitrogens with one attached hydrogen (secondary N) is 1. The average Bonchev–Trinajstić information content (AvgIpc) is 2.49. The first-order chi connectivity index (χ1) is 10.6. The Morgan fingerprint density at radius 2 is 2.18 bits per heavy atom. The summed E-state index contributed by atoms with van der Waals surface area (Å²) >= 11 is 0. The van der Waals surface area contributed by atoms with Crippen LogP contribution in [0.5, 0.6) is 5.75 Å². The summed E-state index contributed by atoms with van der Waals surface area (Å²) < 4.78 is 5.49. The van der Waals surface area contributed by atoms with E-state index in [4.69, 9.17) is 10.5 Å². The molecule has 1 saturated heterocycles. The number of benzene rings is 1. The summed E-state index contributed by atoms with van der Waals surface area (Å²) in [5.74, 6) is 0.105. The van der Waals surface area contributed by atoms with Crippen molar-refractivity contribution < 1.29 is 14.3 Å². The van der Waals surface area contributed by atoms with Crippen molar-refractivity contribution in [2.24, 2.45) is 11.7 Å². The van der Waals surface area contributed by atoms with Gasteiger partial charge in [-0.25, -0.2) is 0 Å². The Balaban J connectivity index is 1.91. The van der Waals surface area contributed by atoms with Crippen molar-refractivity contribution in [2.45, 2.75) is 19.8 Å². The molecule has 6 nitrogen and oxygen atoms in total. The predicted molar refractivity (Wildman–Crippen MR) is 84.6 cm³/mol. The third kappa shape index (κ3) is 4.46. The molecule has 0 spiro atoms. The number of likely N-dealkylation sites (tertiary alicyclic amines) is 1. The van der Waals surface area contributed by atoms with Gasteiger partial charge < -0.3 is 15.8 Å². The maximum Gasteiger partial charge on any atom is 0.238 e. The van der Waals surface area contributed by atoms with Crippen molar-refractivity contribution in [1.29, 1.82) is 0 Å². The lowest BCUT2D eigenvalue weighted by Gasteiger charge is -2.30. The van der Waals surface area contributed by atoms with Gasteiger partial charge in [-0.3, -0.25) is 14.5 Å². The fraction of sp³-hybridized carbons (Fsp3) is 0.500. The normalized spacial score (nSPS) is 18.7. The smallest absolute Gasteiger partial charge is 0.238 e. The van der Waals surface area contributed by atoms with Crippen molar-refractivity contribution in [3.05, 3.63) is 24.3 Å². The topological polar surface area (TPSA) is 84.7 Å². The Labute approximate surface area is 130 Å². The first-order valence-electron chi connectivity index (χ1n) is 7.63. The lowest BCUT2D eigenvalue weighted by molar-refractivity contribution is -0.125. The zero-order valence-corrected chi connectivity index (χ0v) is 12.9. The summed E-state index contributed by atoms with van der Waals surface area (Å²) in [5, 5.41) is 2.86. The molecule has 3 N–H and O–H groups in total. The van der Waals surface area contributed by atoms with Crippen LogP contribution < -0.4 is 15.8 Å². The summed E-state index contributed by atoms with van der Waals surface area (Å²) in [6.07, 6.45) is 1.69. The van der Waals surface area contributed by atoms with Crippen molar-refractivity contribution >= 4 is 17.5 Å². The monoisotopic (exact) mass is 305 g/mol. The fourth-order valence-electron chi connectivity index (χ4n) is 2.68. The second-order valence-corrected chi connectivity index (χ2v) is 5.45. The number of primary amides is 1. The number of hydrogen-bond donors (Lipinski definition) is 2. The van der Waals surface area contributed by atoms with E-state index in [0.717, 1.165) is 19.4 Å². The van der Waals surface area contributed by atoms with Crippen LogP contribution in [0.2, 0.25) is 0 Å². The Kier molecular flexibility index (Phi) is 5.77. The molecule has 22 heavy (non-hydrogen) atoms. The minimum Gasteiger partial charge on any atom is -0.492 e. The highest BCUT2D eigenvalue weighted by atomic mass is 16.5. The highest BCUT2D eigenvalue weighted by Crippen LogP contribution is 2.23. The van der Waals surface area contributed by atoms with Gasteiger partial charge in [-0.2, -0.15) is 0 Å². The number of amides is 2. The number of carbonyl (C=O) groups is 2. The molecule has 0 aromatic heterocycles. The Morgan fingerprint density at radius 1 is 1.41 bits per heavy atom. The van der Waals surface area contributed by atoms with Gasteiger partial charge in [0.25, 0.3) is 0 Å². The zero-order valence-electron chi connectivity index (χ0n) is 12.9. The van der Waals surface area contributed by atoms with Crippen LogP contribution in [0.1, 0.15) is 19.8 Å². The molecule has 6 heteroatoms. The molecular weight excluding hydrogens is 282 g/mol. The third-order valence-corrected chi connectivity index (χ3v) is 3.74. The number of rotatable bonds is 6. The van der Waals surface area contributed by atoms with E-state index in [0.29, 0.717) is 24.6 Å². The number of piperidine rings is 1. The molecule has 1 fully saturated rings. The van der Waals surface area contributed by atoms with Crippen LogP contribution in [0.3, 0.4) is 0 Å². The number of ether oxygens (including phenoxy) is 1. The van der Waals surface area contributed by atoms with Crippen LogP contribution in [-0.2, 0) is 9.59 Å². The highest BCUT2D eigenvalue weighted by Gasteiger charge is 2.25. The fourth-order valence-corrected chi connectivity index (χ4v) is 2.68. The van der Waals surface area contributed by atoms with Crippen LogP contribution in [0.25, 0.3) is 0 Å². The maximum absolute atomic E-state index is 12.2. The van der Waals surface area contributed by atoms with E-state index in [1.54, 1.807) is 0 Å². The van der Waals surface area contributed by atoms with Crippen LogP contribution in [0.4, 0.5) is 5.69 Å². The number of carbonyl (C=O) groups excluding carboxylic acids is 2. The van der Waals surface area contributed by atoms with E-state index in [-0.39, 0.29) is 24.3 Å². The lowest BCUT2D eigenvalue weighted by atomic mass is 9.97. The largest absolute Gasteiger partial charge is 0.492 e. The molecule has 1 aliphatic rings. The SMILES string of the molecule is CCOc1ccccc1NC(=O)CN1CCC[C@H](C(N)=O)C1. The summed E-state index contributed by atoms with van der Waals surface area (Å²) in [5.41, 5.74) is 6.02. The van der Waals surface area contributed by atoms with Gasteiger partial charge in [-0.1, -0.05) is 12.1 Å². The van der Waals surface area contributed by atoms with Gasteiger partial charge in [0.1, 0.15) is 5.75 Å². The molecule has 0 aliphatic carbocycles. The van der Waals surface area contributed by atoms with Crippen LogP contribution in [0.15, 0.2) is 24.3 Å². The maximum atomic E-state index is 12.2.